The standard InChI is InChI=1S/C21H23NO/c1-13(2)19-12-16-11-18(23-5)6-7-20(16)22-21(19)17-9-14(3)8-15(4)10-17/h6-13H,1-5H3. The lowest BCUT2D eigenvalue weighted by atomic mass is 9.94. The summed E-state index contributed by atoms with van der Waals surface area (Å²) in [5.74, 6) is 1.28. The van der Waals surface area contributed by atoms with Crippen LogP contribution in [0.2, 0.25) is 0 Å². The van der Waals surface area contributed by atoms with Crippen LogP contribution in [0.4, 0.5) is 0 Å². The molecule has 1 aromatic heterocycles. The Morgan fingerprint density at radius 2 is 1.61 bits per heavy atom. The third kappa shape index (κ3) is 3.07. The molecule has 0 aliphatic heterocycles. The topological polar surface area (TPSA) is 22.1 Å². The molecule has 23 heavy (non-hydrogen) atoms. The van der Waals surface area contributed by atoms with E-state index in [-0.39, 0.29) is 0 Å². The Morgan fingerprint density at radius 1 is 0.913 bits per heavy atom. The van der Waals surface area contributed by atoms with Crippen molar-refractivity contribution in [1.29, 1.82) is 0 Å². The fraction of sp³-hybridized carbons (Fsp3) is 0.286. The minimum absolute atomic E-state index is 0.411. The van der Waals surface area contributed by atoms with Gasteiger partial charge in [0, 0.05) is 10.9 Å². The van der Waals surface area contributed by atoms with Gasteiger partial charge >= 0.3 is 0 Å². The molecule has 2 aromatic carbocycles. The van der Waals surface area contributed by atoms with Gasteiger partial charge < -0.3 is 4.74 Å². The van der Waals surface area contributed by atoms with Crippen molar-refractivity contribution in [1.82, 2.24) is 4.98 Å². The lowest BCUT2D eigenvalue weighted by molar-refractivity contribution is 0.415. The number of rotatable bonds is 3. The number of benzene rings is 2. The predicted octanol–water partition coefficient (Wildman–Crippen LogP) is 5.65. The molecule has 2 nitrogen and oxygen atoms in total. The van der Waals surface area contributed by atoms with Crippen molar-refractivity contribution in [3.63, 3.8) is 0 Å². The van der Waals surface area contributed by atoms with Crippen LogP contribution in [0, 0.1) is 13.8 Å². The summed E-state index contributed by atoms with van der Waals surface area (Å²) in [6.07, 6.45) is 0. The molecule has 1 heterocycles. The van der Waals surface area contributed by atoms with Gasteiger partial charge in [-0.05, 0) is 61.7 Å². The molecule has 0 atom stereocenters. The highest BCUT2D eigenvalue weighted by molar-refractivity contribution is 5.85. The molecule has 0 N–H and O–H groups in total. The van der Waals surface area contributed by atoms with Gasteiger partial charge in [-0.3, -0.25) is 0 Å². The monoisotopic (exact) mass is 305 g/mol. The van der Waals surface area contributed by atoms with E-state index in [0.717, 1.165) is 22.3 Å². The molecule has 0 saturated heterocycles. The Labute approximate surface area is 138 Å². The minimum Gasteiger partial charge on any atom is -0.497 e. The van der Waals surface area contributed by atoms with Gasteiger partial charge in [0.05, 0.1) is 18.3 Å². The van der Waals surface area contributed by atoms with Gasteiger partial charge in [-0.1, -0.05) is 31.0 Å². The van der Waals surface area contributed by atoms with Gasteiger partial charge in [0.25, 0.3) is 0 Å². The SMILES string of the molecule is COc1ccc2nc(-c3cc(C)cc(C)c3)c(C(C)C)cc2c1. The number of ether oxygens (including phenoxy) is 1. The first-order chi connectivity index (χ1) is 11.0. The summed E-state index contributed by atoms with van der Waals surface area (Å²) in [4.78, 5) is 4.97. The van der Waals surface area contributed by atoms with Crippen LogP contribution < -0.4 is 4.74 Å². The van der Waals surface area contributed by atoms with E-state index >= 15 is 0 Å². The van der Waals surface area contributed by atoms with Crippen molar-refractivity contribution in [3.05, 3.63) is 59.2 Å². The van der Waals surface area contributed by atoms with E-state index in [4.69, 9.17) is 9.72 Å². The molecule has 3 rings (SSSR count). The second-order valence-electron chi connectivity index (χ2n) is 6.52. The number of hydrogen-bond acceptors (Lipinski definition) is 2. The average molecular weight is 305 g/mol. The van der Waals surface area contributed by atoms with Gasteiger partial charge in [-0.15, -0.1) is 0 Å². The maximum Gasteiger partial charge on any atom is 0.119 e. The third-order valence-electron chi connectivity index (χ3n) is 4.17. The number of aromatic nitrogens is 1. The molecule has 0 unspecified atom stereocenters. The predicted molar refractivity (Wildman–Crippen MR) is 97.3 cm³/mol. The van der Waals surface area contributed by atoms with Crippen LogP contribution in [-0.4, -0.2) is 12.1 Å². The van der Waals surface area contributed by atoms with Crippen LogP contribution in [0.5, 0.6) is 5.75 Å². The quantitative estimate of drug-likeness (QED) is 0.623. The highest BCUT2D eigenvalue weighted by atomic mass is 16.5. The zero-order valence-corrected chi connectivity index (χ0v) is 14.5. The Balaban J connectivity index is 2.28. The lowest BCUT2D eigenvalue weighted by Crippen LogP contribution is -1.98. The molecule has 118 valence electrons. The van der Waals surface area contributed by atoms with Crippen LogP contribution in [0.1, 0.15) is 36.5 Å². The molecule has 0 bridgehead atoms. The Hall–Kier alpha value is -2.35. The minimum atomic E-state index is 0.411. The van der Waals surface area contributed by atoms with Gasteiger partial charge in [0.15, 0.2) is 0 Å². The number of methoxy groups -OCH3 is 1. The molecule has 0 fully saturated rings. The third-order valence-corrected chi connectivity index (χ3v) is 4.17. The van der Waals surface area contributed by atoms with E-state index in [1.165, 1.54) is 22.3 Å². The van der Waals surface area contributed by atoms with E-state index in [1.807, 2.05) is 12.1 Å². The molecule has 3 aromatic rings. The Bertz CT molecular complexity index is 845. The summed E-state index contributed by atoms with van der Waals surface area (Å²) in [6, 6.07) is 14.9. The summed E-state index contributed by atoms with van der Waals surface area (Å²) in [6.45, 7) is 8.71. The van der Waals surface area contributed by atoms with Crippen LogP contribution in [0.3, 0.4) is 0 Å². The lowest BCUT2D eigenvalue weighted by Gasteiger charge is -2.15. The Kier molecular flexibility index (Phi) is 4.08. The van der Waals surface area contributed by atoms with Crippen molar-refractivity contribution in [3.8, 4) is 17.0 Å². The molecule has 2 heteroatoms. The van der Waals surface area contributed by atoms with E-state index < -0.39 is 0 Å². The zero-order valence-electron chi connectivity index (χ0n) is 14.5. The molecule has 0 spiro atoms. The average Bonchev–Trinajstić information content (AvgIpc) is 2.52. The maximum atomic E-state index is 5.34. The second kappa shape index (κ2) is 6.04. The highest BCUT2D eigenvalue weighted by Gasteiger charge is 2.13. The van der Waals surface area contributed by atoms with Crippen molar-refractivity contribution in [2.24, 2.45) is 0 Å². The van der Waals surface area contributed by atoms with E-state index in [1.54, 1.807) is 7.11 Å². The summed E-state index contributed by atoms with van der Waals surface area (Å²) >= 11 is 0. The summed E-state index contributed by atoms with van der Waals surface area (Å²) in [5.41, 5.74) is 7.10. The number of fused-ring (bicyclic) bond motifs is 1. The summed E-state index contributed by atoms with van der Waals surface area (Å²) < 4.78 is 5.34. The van der Waals surface area contributed by atoms with Gasteiger partial charge in [-0.2, -0.15) is 0 Å². The highest BCUT2D eigenvalue weighted by Crippen LogP contribution is 2.32. The summed E-state index contributed by atoms with van der Waals surface area (Å²) in [7, 11) is 1.70. The van der Waals surface area contributed by atoms with Crippen LogP contribution in [0.15, 0.2) is 42.5 Å². The number of nitrogens with zero attached hydrogens (tertiary/aromatic N) is 1. The normalized spacial score (nSPS) is 11.2. The van der Waals surface area contributed by atoms with E-state index in [9.17, 15) is 0 Å². The molecule has 0 saturated carbocycles. The zero-order chi connectivity index (χ0) is 16.6. The smallest absolute Gasteiger partial charge is 0.119 e. The van der Waals surface area contributed by atoms with Gasteiger partial charge in [0.1, 0.15) is 5.75 Å². The first-order valence-electron chi connectivity index (χ1n) is 8.05. The number of hydrogen-bond donors (Lipinski definition) is 0. The second-order valence-corrected chi connectivity index (χ2v) is 6.52. The summed E-state index contributed by atoms with van der Waals surface area (Å²) in [5, 5.41) is 1.13. The number of aryl methyl sites for hydroxylation is 2. The molecular weight excluding hydrogens is 282 g/mol. The molecule has 0 amide bonds. The Morgan fingerprint density at radius 3 is 2.22 bits per heavy atom. The fourth-order valence-corrected chi connectivity index (χ4v) is 3.08. The van der Waals surface area contributed by atoms with Gasteiger partial charge in [-0.25, -0.2) is 4.98 Å². The molecule has 0 aliphatic rings. The van der Waals surface area contributed by atoms with Gasteiger partial charge in [0.2, 0.25) is 0 Å². The molecule has 0 radical (unpaired) electrons. The molecular formula is C21H23NO. The maximum absolute atomic E-state index is 5.34. The van der Waals surface area contributed by atoms with E-state index in [0.29, 0.717) is 5.92 Å². The van der Waals surface area contributed by atoms with Crippen molar-refractivity contribution in [2.75, 3.05) is 7.11 Å². The molecule has 0 aliphatic carbocycles. The van der Waals surface area contributed by atoms with Crippen LogP contribution >= 0.6 is 0 Å². The van der Waals surface area contributed by atoms with E-state index in [2.05, 4.69) is 58.0 Å². The largest absolute Gasteiger partial charge is 0.497 e. The fourth-order valence-electron chi connectivity index (χ4n) is 3.08. The van der Waals surface area contributed by atoms with Crippen molar-refractivity contribution < 1.29 is 4.74 Å². The van der Waals surface area contributed by atoms with Crippen LogP contribution in [-0.2, 0) is 0 Å². The van der Waals surface area contributed by atoms with Crippen molar-refractivity contribution >= 4 is 10.9 Å². The number of pyridine rings is 1. The van der Waals surface area contributed by atoms with Crippen molar-refractivity contribution in [2.45, 2.75) is 33.6 Å². The van der Waals surface area contributed by atoms with Crippen LogP contribution in [0.25, 0.3) is 22.2 Å². The first-order valence-corrected chi connectivity index (χ1v) is 8.05. The first kappa shape index (κ1) is 15.5.